The molecule has 27 heavy (non-hydrogen) atoms. The molecule has 0 heterocycles. The Balaban J connectivity index is 2.33. The fourth-order valence-corrected chi connectivity index (χ4v) is 2.98. The minimum atomic E-state index is -0.281. The standard InChI is InChI=1S/C22H30FN3O/c1-22(2,3)13-21(27)26(14-16-6-8-18(23)9-7-16)15-17-12-19(24)10-11-20(17)25(4)5/h6-12H,13-15,24H2,1-5H3. The van der Waals surface area contributed by atoms with Crippen LogP contribution in [0.5, 0.6) is 0 Å². The van der Waals surface area contributed by atoms with Crippen molar-refractivity contribution >= 4 is 17.3 Å². The molecule has 0 aliphatic carbocycles. The second-order valence-electron chi connectivity index (χ2n) is 8.40. The third-order valence-electron chi connectivity index (χ3n) is 4.27. The molecule has 4 nitrogen and oxygen atoms in total. The summed E-state index contributed by atoms with van der Waals surface area (Å²) in [5, 5.41) is 0. The predicted molar refractivity (Wildman–Crippen MR) is 110 cm³/mol. The first kappa shape index (κ1) is 20.7. The first-order valence-corrected chi connectivity index (χ1v) is 9.13. The highest BCUT2D eigenvalue weighted by atomic mass is 19.1. The molecule has 0 unspecified atom stereocenters. The molecule has 2 N–H and O–H groups in total. The Morgan fingerprint density at radius 2 is 1.67 bits per heavy atom. The van der Waals surface area contributed by atoms with E-state index in [2.05, 4.69) is 0 Å². The first-order valence-electron chi connectivity index (χ1n) is 9.13. The van der Waals surface area contributed by atoms with Crippen LogP contribution in [-0.4, -0.2) is 24.9 Å². The number of nitrogens with two attached hydrogens (primary N) is 1. The molecule has 0 saturated heterocycles. The van der Waals surface area contributed by atoms with E-state index >= 15 is 0 Å². The summed E-state index contributed by atoms with van der Waals surface area (Å²) in [4.78, 5) is 16.8. The van der Waals surface area contributed by atoms with Gasteiger partial charge in [-0.25, -0.2) is 4.39 Å². The Bertz CT molecular complexity index is 779. The van der Waals surface area contributed by atoms with Gasteiger partial charge in [0, 0.05) is 45.0 Å². The van der Waals surface area contributed by atoms with Crippen LogP contribution in [0, 0.1) is 11.2 Å². The summed E-state index contributed by atoms with van der Waals surface area (Å²) in [6.07, 6.45) is 0.438. The van der Waals surface area contributed by atoms with E-state index in [-0.39, 0.29) is 17.1 Å². The Morgan fingerprint density at radius 1 is 1.04 bits per heavy atom. The highest BCUT2D eigenvalue weighted by Gasteiger charge is 2.22. The van der Waals surface area contributed by atoms with E-state index < -0.39 is 0 Å². The van der Waals surface area contributed by atoms with Gasteiger partial charge in [0.2, 0.25) is 5.91 Å². The Morgan fingerprint density at radius 3 is 2.22 bits per heavy atom. The van der Waals surface area contributed by atoms with E-state index in [9.17, 15) is 9.18 Å². The maximum atomic E-state index is 13.2. The number of halogens is 1. The summed E-state index contributed by atoms with van der Waals surface area (Å²) in [5.41, 5.74) is 9.45. The highest BCUT2D eigenvalue weighted by molar-refractivity contribution is 5.77. The number of nitrogens with zero attached hydrogens (tertiary/aromatic N) is 2. The number of carbonyl (C=O) groups is 1. The van der Waals surface area contributed by atoms with Crippen LogP contribution in [0.2, 0.25) is 0 Å². The van der Waals surface area contributed by atoms with Crippen LogP contribution in [0.4, 0.5) is 15.8 Å². The van der Waals surface area contributed by atoms with Gasteiger partial charge >= 0.3 is 0 Å². The molecule has 2 aromatic carbocycles. The lowest BCUT2D eigenvalue weighted by molar-refractivity contribution is -0.134. The van der Waals surface area contributed by atoms with E-state index in [1.807, 2.05) is 62.9 Å². The van der Waals surface area contributed by atoms with Crippen molar-refractivity contribution in [1.29, 1.82) is 0 Å². The maximum absolute atomic E-state index is 13.2. The average Bonchev–Trinajstić information content (AvgIpc) is 2.54. The van der Waals surface area contributed by atoms with Gasteiger partial charge < -0.3 is 15.5 Å². The van der Waals surface area contributed by atoms with E-state index in [1.54, 1.807) is 12.1 Å². The molecule has 0 bridgehead atoms. The molecular weight excluding hydrogens is 341 g/mol. The molecule has 0 aliphatic rings. The Kier molecular flexibility index (Phi) is 6.47. The van der Waals surface area contributed by atoms with Gasteiger partial charge in [-0.3, -0.25) is 4.79 Å². The van der Waals surface area contributed by atoms with Gasteiger partial charge in [0.25, 0.3) is 0 Å². The number of hydrogen-bond donors (Lipinski definition) is 1. The Hall–Kier alpha value is -2.56. The Labute approximate surface area is 161 Å². The topological polar surface area (TPSA) is 49.6 Å². The number of nitrogen functional groups attached to an aromatic ring is 1. The van der Waals surface area contributed by atoms with Gasteiger partial charge in [0.1, 0.15) is 5.82 Å². The van der Waals surface area contributed by atoms with Crippen LogP contribution < -0.4 is 10.6 Å². The average molecular weight is 372 g/mol. The van der Waals surface area contributed by atoms with Crippen molar-refractivity contribution in [1.82, 2.24) is 4.90 Å². The van der Waals surface area contributed by atoms with E-state index in [0.29, 0.717) is 25.2 Å². The van der Waals surface area contributed by atoms with Gasteiger partial charge in [-0.15, -0.1) is 0 Å². The van der Waals surface area contributed by atoms with Crippen molar-refractivity contribution in [3.63, 3.8) is 0 Å². The van der Waals surface area contributed by atoms with E-state index in [0.717, 1.165) is 16.8 Å². The molecule has 0 fully saturated rings. The number of benzene rings is 2. The minimum absolute atomic E-state index is 0.0685. The summed E-state index contributed by atoms with van der Waals surface area (Å²) in [6, 6.07) is 12.0. The summed E-state index contributed by atoms with van der Waals surface area (Å²) in [5.74, 6) is -0.212. The zero-order valence-corrected chi connectivity index (χ0v) is 16.9. The fourth-order valence-electron chi connectivity index (χ4n) is 2.98. The third-order valence-corrected chi connectivity index (χ3v) is 4.27. The smallest absolute Gasteiger partial charge is 0.223 e. The van der Waals surface area contributed by atoms with Gasteiger partial charge in [-0.05, 0) is 46.9 Å². The quantitative estimate of drug-likeness (QED) is 0.764. The predicted octanol–water partition coefficient (Wildman–Crippen LogP) is 4.44. The fraction of sp³-hybridized carbons (Fsp3) is 0.409. The van der Waals surface area contributed by atoms with Gasteiger partial charge in [0.05, 0.1) is 0 Å². The van der Waals surface area contributed by atoms with Crippen molar-refractivity contribution in [2.45, 2.75) is 40.3 Å². The van der Waals surface area contributed by atoms with E-state index in [1.165, 1.54) is 12.1 Å². The molecule has 5 heteroatoms. The molecule has 0 aliphatic heterocycles. The molecule has 0 spiro atoms. The van der Waals surface area contributed by atoms with Crippen molar-refractivity contribution in [2.24, 2.45) is 5.41 Å². The zero-order valence-electron chi connectivity index (χ0n) is 16.9. The number of hydrogen-bond acceptors (Lipinski definition) is 3. The van der Waals surface area contributed by atoms with Crippen molar-refractivity contribution in [3.8, 4) is 0 Å². The maximum Gasteiger partial charge on any atom is 0.223 e. The lowest BCUT2D eigenvalue weighted by Crippen LogP contribution is -2.33. The molecule has 0 saturated carbocycles. The first-order chi connectivity index (χ1) is 12.5. The summed E-state index contributed by atoms with van der Waals surface area (Å²) in [6.45, 7) is 7.02. The van der Waals surface area contributed by atoms with Crippen LogP contribution >= 0.6 is 0 Å². The van der Waals surface area contributed by atoms with Crippen molar-refractivity contribution in [2.75, 3.05) is 24.7 Å². The van der Waals surface area contributed by atoms with Gasteiger partial charge in [-0.2, -0.15) is 0 Å². The summed E-state index contributed by atoms with van der Waals surface area (Å²) >= 11 is 0. The van der Waals surface area contributed by atoms with Crippen LogP contribution in [0.25, 0.3) is 0 Å². The third kappa shape index (κ3) is 6.27. The number of rotatable bonds is 6. The second kappa shape index (κ2) is 8.42. The van der Waals surface area contributed by atoms with Crippen LogP contribution in [0.3, 0.4) is 0 Å². The van der Waals surface area contributed by atoms with Crippen LogP contribution in [0.15, 0.2) is 42.5 Å². The number of carbonyl (C=O) groups excluding carboxylic acids is 1. The summed E-state index contributed by atoms with van der Waals surface area (Å²) in [7, 11) is 3.94. The van der Waals surface area contributed by atoms with Crippen LogP contribution in [-0.2, 0) is 17.9 Å². The normalized spacial score (nSPS) is 11.3. The van der Waals surface area contributed by atoms with Gasteiger partial charge in [-0.1, -0.05) is 32.9 Å². The molecule has 0 aromatic heterocycles. The minimum Gasteiger partial charge on any atom is -0.399 e. The van der Waals surface area contributed by atoms with Crippen LogP contribution in [0.1, 0.15) is 38.3 Å². The molecule has 1 amide bonds. The number of amides is 1. The molecule has 0 atom stereocenters. The summed E-state index contributed by atoms with van der Waals surface area (Å²) < 4.78 is 13.2. The lowest BCUT2D eigenvalue weighted by Gasteiger charge is -2.29. The zero-order chi connectivity index (χ0) is 20.2. The number of anilines is 2. The van der Waals surface area contributed by atoms with Gasteiger partial charge in [0.15, 0.2) is 0 Å². The second-order valence-corrected chi connectivity index (χ2v) is 8.40. The molecule has 146 valence electrons. The SMILES string of the molecule is CN(C)c1ccc(N)cc1CN(Cc1ccc(F)cc1)C(=O)CC(C)(C)C. The highest BCUT2D eigenvalue weighted by Crippen LogP contribution is 2.26. The molecule has 2 aromatic rings. The molecular formula is C22H30FN3O. The monoisotopic (exact) mass is 371 g/mol. The van der Waals surface area contributed by atoms with E-state index in [4.69, 9.17) is 5.73 Å². The van der Waals surface area contributed by atoms with Crippen molar-refractivity contribution in [3.05, 3.63) is 59.4 Å². The largest absolute Gasteiger partial charge is 0.399 e. The lowest BCUT2D eigenvalue weighted by atomic mass is 9.91. The van der Waals surface area contributed by atoms with Crippen molar-refractivity contribution < 1.29 is 9.18 Å². The molecule has 0 radical (unpaired) electrons. The molecule has 2 rings (SSSR count).